The fourth-order valence-corrected chi connectivity index (χ4v) is 3.77. The third-order valence-electron chi connectivity index (χ3n) is 5.44. The van der Waals surface area contributed by atoms with Crippen LogP contribution in [0.1, 0.15) is 78.1 Å². The molecule has 3 atom stereocenters. The second-order valence-corrected chi connectivity index (χ2v) is 6.88. The van der Waals surface area contributed by atoms with E-state index in [1.54, 1.807) is 0 Å². The predicted molar refractivity (Wildman–Crippen MR) is 79.3 cm³/mol. The minimum atomic E-state index is -0.421. The van der Waals surface area contributed by atoms with E-state index in [-0.39, 0.29) is 18.0 Å². The van der Waals surface area contributed by atoms with E-state index in [0.717, 1.165) is 51.4 Å². The molecule has 116 valence electrons. The average Bonchev–Trinajstić information content (AvgIpc) is 2.74. The van der Waals surface area contributed by atoms with Crippen LogP contribution in [0.2, 0.25) is 0 Å². The number of hydrogen-bond donors (Lipinski definition) is 1. The highest BCUT2D eigenvalue weighted by Crippen LogP contribution is 2.42. The van der Waals surface area contributed by atoms with E-state index in [2.05, 4.69) is 0 Å². The Hall–Kier alpha value is -0.570. The largest absolute Gasteiger partial charge is 0.462 e. The Morgan fingerprint density at radius 1 is 1.20 bits per heavy atom. The Morgan fingerprint density at radius 3 is 2.55 bits per heavy atom. The van der Waals surface area contributed by atoms with Gasteiger partial charge in [0.15, 0.2) is 0 Å². The summed E-state index contributed by atoms with van der Waals surface area (Å²) in [6, 6.07) is 0. The van der Waals surface area contributed by atoms with E-state index < -0.39 is 5.60 Å². The molecule has 2 rings (SSSR count). The molecule has 3 nitrogen and oxygen atoms in total. The van der Waals surface area contributed by atoms with Crippen molar-refractivity contribution in [2.45, 2.75) is 89.8 Å². The zero-order valence-electron chi connectivity index (χ0n) is 13.1. The number of carbonyl (C=O) groups excluding carboxylic acids is 1. The van der Waals surface area contributed by atoms with E-state index in [1.165, 1.54) is 12.8 Å². The molecule has 3 heteroatoms. The summed E-state index contributed by atoms with van der Waals surface area (Å²) >= 11 is 0. The zero-order chi connectivity index (χ0) is 14.6. The standard InChI is InChI=1S/C17H30O3/c1-3-13(2)16(18)20-15-8-6-7-14(9-10-15)17(19)11-4-5-12-17/h13-15,19H,3-12H2,1-2H3. The topological polar surface area (TPSA) is 46.5 Å². The maximum absolute atomic E-state index is 11.9. The Morgan fingerprint density at radius 2 is 1.90 bits per heavy atom. The van der Waals surface area contributed by atoms with Crippen molar-refractivity contribution in [1.82, 2.24) is 0 Å². The number of ether oxygens (including phenoxy) is 1. The minimum absolute atomic E-state index is 0.00747. The first-order valence-electron chi connectivity index (χ1n) is 8.48. The summed E-state index contributed by atoms with van der Waals surface area (Å²) in [7, 11) is 0. The fraction of sp³-hybridized carbons (Fsp3) is 0.941. The molecule has 0 aromatic carbocycles. The zero-order valence-corrected chi connectivity index (χ0v) is 13.1. The predicted octanol–water partition coefficient (Wildman–Crippen LogP) is 3.83. The van der Waals surface area contributed by atoms with Crippen molar-refractivity contribution in [2.24, 2.45) is 11.8 Å². The van der Waals surface area contributed by atoms with Crippen LogP contribution in [-0.4, -0.2) is 22.8 Å². The van der Waals surface area contributed by atoms with Gasteiger partial charge in [-0.2, -0.15) is 0 Å². The number of hydrogen-bond acceptors (Lipinski definition) is 3. The molecule has 0 aliphatic heterocycles. The number of carbonyl (C=O) groups is 1. The quantitative estimate of drug-likeness (QED) is 0.629. The number of esters is 1. The normalized spacial score (nSPS) is 31.6. The van der Waals surface area contributed by atoms with Crippen LogP contribution in [0.5, 0.6) is 0 Å². The summed E-state index contributed by atoms with van der Waals surface area (Å²) < 4.78 is 5.65. The van der Waals surface area contributed by atoms with Gasteiger partial charge in [-0.25, -0.2) is 0 Å². The summed E-state index contributed by atoms with van der Waals surface area (Å²) in [4.78, 5) is 11.9. The molecule has 20 heavy (non-hydrogen) atoms. The summed E-state index contributed by atoms with van der Waals surface area (Å²) in [6.45, 7) is 3.95. The maximum atomic E-state index is 11.9. The monoisotopic (exact) mass is 282 g/mol. The SMILES string of the molecule is CCC(C)C(=O)OC1CCCC(C2(O)CCCC2)CC1. The first-order chi connectivity index (χ1) is 9.55. The second kappa shape index (κ2) is 6.93. The van der Waals surface area contributed by atoms with Crippen LogP contribution < -0.4 is 0 Å². The molecule has 1 N–H and O–H groups in total. The highest BCUT2D eigenvalue weighted by atomic mass is 16.5. The highest BCUT2D eigenvalue weighted by Gasteiger charge is 2.40. The molecule has 2 aliphatic rings. The van der Waals surface area contributed by atoms with Crippen molar-refractivity contribution < 1.29 is 14.6 Å². The minimum Gasteiger partial charge on any atom is -0.462 e. The van der Waals surface area contributed by atoms with Gasteiger partial charge < -0.3 is 9.84 Å². The third-order valence-corrected chi connectivity index (χ3v) is 5.44. The molecule has 3 unspecified atom stereocenters. The van der Waals surface area contributed by atoms with E-state index in [4.69, 9.17) is 4.74 Å². The lowest BCUT2D eigenvalue weighted by Gasteiger charge is -2.32. The first-order valence-corrected chi connectivity index (χ1v) is 8.48. The van der Waals surface area contributed by atoms with E-state index in [9.17, 15) is 9.90 Å². The first kappa shape index (κ1) is 15.8. The molecular weight excluding hydrogens is 252 g/mol. The molecule has 0 radical (unpaired) electrons. The van der Waals surface area contributed by atoms with Gasteiger partial charge >= 0.3 is 5.97 Å². The number of aliphatic hydroxyl groups is 1. The Balaban J connectivity index is 1.84. The van der Waals surface area contributed by atoms with Gasteiger partial charge in [-0.3, -0.25) is 4.79 Å². The molecule has 2 fully saturated rings. The Kier molecular flexibility index (Phi) is 5.48. The van der Waals surface area contributed by atoms with Crippen LogP contribution in [0.25, 0.3) is 0 Å². The van der Waals surface area contributed by atoms with Gasteiger partial charge in [-0.1, -0.05) is 26.7 Å². The van der Waals surface area contributed by atoms with Crippen molar-refractivity contribution in [2.75, 3.05) is 0 Å². The number of rotatable bonds is 4. The molecular formula is C17H30O3. The van der Waals surface area contributed by atoms with E-state index in [0.29, 0.717) is 5.92 Å². The van der Waals surface area contributed by atoms with Crippen LogP contribution in [0.3, 0.4) is 0 Å². The molecule has 0 saturated heterocycles. The van der Waals surface area contributed by atoms with Crippen molar-refractivity contribution in [3.8, 4) is 0 Å². The van der Waals surface area contributed by atoms with Crippen LogP contribution in [0.15, 0.2) is 0 Å². The van der Waals surface area contributed by atoms with Gasteiger partial charge in [0.05, 0.1) is 11.5 Å². The molecule has 0 aromatic rings. The molecule has 0 heterocycles. The van der Waals surface area contributed by atoms with E-state index >= 15 is 0 Å². The van der Waals surface area contributed by atoms with Crippen molar-refractivity contribution in [1.29, 1.82) is 0 Å². The highest BCUT2D eigenvalue weighted by molar-refractivity contribution is 5.72. The van der Waals surface area contributed by atoms with Gasteiger partial charge in [0.1, 0.15) is 6.10 Å². The second-order valence-electron chi connectivity index (χ2n) is 6.88. The molecule has 0 spiro atoms. The van der Waals surface area contributed by atoms with Crippen molar-refractivity contribution >= 4 is 5.97 Å². The van der Waals surface area contributed by atoms with Gasteiger partial charge in [0.25, 0.3) is 0 Å². The smallest absolute Gasteiger partial charge is 0.308 e. The Bertz CT molecular complexity index is 320. The lowest BCUT2D eigenvalue weighted by molar-refractivity contribution is -0.154. The van der Waals surface area contributed by atoms with E-state index in [1.807, 2.05) is 13.8 Å². The Labute approximate surface area is 123 Å². The molecule has 0 bridgehead atoms. The third kappa shape index (κ3) is 3.75. The summed E-state index contributed by atoms with van der Waals surface area (Å²) in [5.74, 6) is 0.376. The van der Waals surface area contributed by atoms with Gasteiger partial charge in [-0.15, -0.1) is 0 Å². The maximum Gasteiger partial charge on any atom is 0.308 e. The summed E-state index contributed by atoms with van der Waals surface area (Å²) in [6.07, 6.45) is 10.3. The van der Waals surface area contributed by atoms with Crippen LogP contribution in [-0.2, 0) is 9.53 Å². The summed E-state index contributed by atoms with van der Waals surface area (Å²) in [5.41, 5.74) is -0.421. The molecule has 0 amide bonds. The average molecular weight is 282 g/mol. The summed E-state index contributed by atoms with van der Waals surface area (Å²) in [5, 5.41) is 10.7. The van der Waals surface area contributed by atoms with Crippen LogP contribution >= 0.6 is 0 Å². The molecule has 0 aromatic heterocycles. The molecule has 2 saturated carbocycles. The lowest BCUT2D eigenvalue weighted by atomic mass is 9.81. The fourth-order valence-electron chi connectivity index (χ4n) is 3.77. The van der Waals surface area contributed by atoms with Gasteiger partial charge in [-0.05, 0) is 57.3 Å². The lowest BCUT2D eigenvalue weighted by Crippen LogP contribution is -2.34. The van der Waals surface area contributed by atoms with Crippen molar-refractivity contribution in [3.63, 3.8) is 0 Å². The van der Waals surface area contributed by atoms with Crippen molar-refractivity contribution in [3.05, 3.63) is 0 Å². The van der Waals surface area contributed by atoms with Gasteiger partial charge in [0.2, 0.25) is 0 Å². The molecule has 2 aliphatic carbocycles. The van der Waals surface area contributed by atoms with Gasteiger partial charge in [0, 0.05) is 0 Å². The van der Waals surface area contributed by atoms with Crippen LogP contribution in [0.4, 0.5) is 0 Å². The van der Waals surface area contributed by atoms with Crippen LogP contribution in [0, 0.1) is 11.8 Å².